The van der Waals surface area contributed by atoms with Crippen molar-refractivity contribution in [2.24, 2.45) is 0 Å². The van der Waals surface area contributed by atoms with Crippen molar-refractivity contribution in [1.82, 2.24) is 9.88 Å². The molecule has 1 aliphatic heterocycles. The molecular formula is C15H21N3O. The second kappa shape index (κ2) is 5.21. The molecule has 0 aliphatic carbocycles. The first-order valence-corrected chi connectivity index (χ1v) is 7.09. The molecule has 1 aromatic carbocycles. The van der Waals surface area contributed by atoms with Crippen molar-refractivity contribution in [2.75, 3.05) is 25.5 Å². The molecule has 0 spiro atoms. The van der Waals surface area contributed by atoms with Gasteiger partial charge in [-0.05, 0) is 44.6 Å². The van der Waals surface area contributed by atoms with Gasteiger partial charge in [0.25, 0.3) is 0 Å². The van der Waals surface area contributed by atoms with E-state index in [0.29, 0.717) is 6.04 Å². The van der Waals surface area contributed by atoms with Crippen LogP contribution in [0.4, 0.5) is 5.69 Å². The molecule has 2 aromatic rings. The summed E-state index contributed by atoms with van der Waals surface area (Å²) >= 11 is 0. The van der Waals surface area contributed by atoms with Gasteiger partial charge in [0.05, 0.1) is 0 Å². The Morgan fingerprint density at radius 2 is 2.37 bits per heavy atom. The molecule has 0 saturated carbocycles. The van der Waals surface area contributed by atoms with Crippen LogP contribution in [0, 0.1) is 0 Å². The van der Waals surface area contributed by atoms with Crippen molar-refractivity contribution in [3.63, 3.8) is 0 Å². The van der Waals surface area contributed by atoms with Crippen molar-refractivity contribution < 1.29 is 4.42 Å². The van der Waals surface area contributed by atoms with E-state index in [2.05, 4.69) is 41.3 Å². The summed E-state index contributed by atoms with van der Waals surface area (Å²) in [5, 5.41) is 3.61. The van der Waals surface area contributed by atoms with Gasteiger partial charge in [-0.25, -0.2) is 4.98 Å². The van der Waals surface area contributed by atoms with Gasteiger partial charge in [-0.3, -0.25) is 0 Å². The molecule has 1 aromatic heterocycles. The Hall–Kier alpha value is -1.55. The summed E-state index contributed by atoms with van der Waals surface area (Å²) in [5.74, 6) is 0.810. The fourth-order valence-corrected chi connectivity index (χ4v) is 2.74. The van der Waals surface area contributed by atoms with Crippen molar-refractivity contribution in [1.29, 1.82) is 0 Å². The molecule has 102 valence electrons. The van der Waals surface area contributed by atoms with E-state index in [1.165, 1.54) is 19.4 Å². The molecule has 1 aliphatic rings. The zero-order valence-electron chi connectivity index (χ0n) is 11.6. The lowest BCUT2D eigenvalue weighted by Gasteiger charge is -2.30. The summed E-state index contributed by atoms with van der Waals surface area (Å²) in [4.78, 5) is 6.86. The first kappa shape index (κ1) is 12.5. The Morgan fingerprint density at radius 3 is 3.16 bits per heavy atom. The summed E-state index contributed by atoms with van der Waals surface area (Å²) in [6.07, 6.45) is 3.34. The SMILES string of the molecule is CCc1nc2cc(NC3CCCN(C)C3)ccc2o1. The third-order valence-corrected chi connectivity index (χ3v) is 3.73. The number of nitrogens with zero attached hydrogens (tertiary/aromatic N) is 2. The number of anilines is 1. The third-order valence-electron chi connectivity index (χ3n) is 3.73. The van der Waals surface area contributed by atoms with Gasteiger partial charge < -0.3 is 14.6 Å². The molecule has 1 N–H and O–H groups in total. The molecule has 1 fully saturated rings. The quantitative estimate of drug-likeness (QED) is 0.920. The van der Waals surface area contributed by atoms with Crippen LogP contribution in [0.15, 0.2) is 22.6 Å². The third kappa shape index (κ3) is 2.73. The minimum Gasteiger partial charge on any atom is -0.441 e. The van der Waals surface area contributed by atoms with Crippen molar-refractivity contribution in [3.8, 4) is 0 Å². The summed E-state index contributed by atoms with van der Waals surface area (Å²) in [5.41, 5.74) is 2.97. The Balaban J connectivity index is 1.77. The number of hydrogen-bond acceptors (Lipinski definition) is 4. The lowest BCUT2D eigenvalue weighted by Crippen LogP contribution is -2.39. The van der Waals surface area contributed by atoms with E-state index >= 15 is 0 Å². The van der Waals surface area contributed by atoms with Crippen molar-refractivity contribution in [3.05, 3.63) is 24.1 Å². The van der Waals surface area contributed by atoms with Crippen LogP contribution in [0.25, 0.3) is 11.1 Å². The summed E-state index contributed by atoms with van der Waals surface area (Å²) in [6, 6.07) is 6.72. The average Bonchev–Trinajstić information content (AvgIpc) is 2.81. The van der Waals surface area contributed by atoms with Gasteiger partial charge in [-0.1, -0.05) is 6.92 Å². The number of aryl methyl sites for hydroxylation is 1. The Kier molecular flexibility index (Phi) is 3.42. The van der Waals surface area contributed by atoms with E-state index in [0.717, 1.165) is 35.6 Å². The molecule has 2 heterocycles. The molecule has 19 heavy (non-hydrogen) atoms. The first-order valence-electron chi connectivity index (χ1n) is 7.09. The van der Waals surface area contributed by atoms with Gasteiger partial charge >= 0.3 is 0 Å². The second-order valence-electron chi connectivity index (χ2n) is 5.39. The lowest BCUT2D eigenvalue weighted by molar-refractivity contribution is 0.261. The summed E-state index contributed by atoms with van der Waals surface area (Å²) in [6.45, 7) is 4.37. The Bertz CT molecular complexity index is 564. The summed E-state index contributed by atoms with van der Waals surface area (Å²) < 4.78 is 5.63. The van der Waals surface area contributed by atoms with Crippen LogP contribution in [0.2, 0.25) is 0 Å². The average molecular weight is 259 g/mol. The molecule has 1 unspecified atom stereocenters. The normalized spacial score (nSPS) is 20.8. The van der Waals surface area contributed by atoms with Crippen LogP contribution in [0.1, 0.15) is 25.7 Å². The van der Waals surface area contributed by atoms with Crippen LogP contribution in [-0.4, -0.2) is 36.1 Å². The highest BCUT2D eigenvalue weighted by Crippen LogP contribution is 2.22. The topological polar surface area (TPSA) is 41.3 Å². The van der Waals surface area contributed by atoms with Crippen LogP contribution in [0.3, 0.4) is 0 Å². The summed E-state index contributed by atoms with van der Waals surface area (Å²) in [7, 11) is 2.18. The van der Waals surface area contributed by atoms with Crippen molar-refractivity contribution in [2.45, 2.75) is 32.2 Å². The highest BCUT2D eigenvalue weighted by molar-refractivity contribution is 5.77. The molecule has 4 nitrogen and oxygen atoms in total. The number of likely N-dealkylation sites (N-methyl/N-ethyl adjacent to an activating group) is 1. The van der Waals surface area contributed by atoms with Gasteiger partial charge in [-0.2, -0.15) is 0 Å². The van der Waals surface area contributed by atoms with E-state index in [4.69, 9.17) is 4.42 Å². The zero-order chi connectivity index (χ0) is 13.2. The molecule has 0 radical (unpaired) electrons. The standard InChI is InChI=1S/C15H21N3O/c1-3-15-17-13-9-11(6-7-14(13)19-15)16-12-5-4-8-18(2)10-12/h6-7,9,12,16H,3-5,8,10H2,1-2H3. The van der Waals surface area contributed by atoms with E-state index in [9.17, 15) is 0 Å². The first-order chi connectivity index (χ1) is 9.24. The van der Waals surface area contributed by atoms with E-state index < -0.39 is 0 Å². The van der Waals surface area contributed by atoms with Gasteiger partial charge in [0.2, 0.25) is 0 Å². The largest absolute Gasteiger partial charge is 0.441 e. The Morgan fingerprint density at radius 1 is 1.47 bits per heavy atom. The Labute approximate surface area is 113 Å². The molecule has 1 saturated heterocycles. The number of aromatic nitrogens is 1. The van der Waals surface area contributed by atoms with E-state index in [-0.39, 0.29) is 0 Å². The molecular weight excluding hydrogens is 238 g/mol. The van der Waals surface area contributed by atoms with E-state index in [1.54, 1.807) is 0 Å². The molecule has 0 amide bonds. The predicted molar refractivity (Wildman–Crippen MR) is 77.5 cm³/mol. The monoisotopic (exact) mass is 259 g/mol. The maximum absolute atomic E-state index is 5.63. The highest BCUT2D eigenvalue weighted by Gasteiger charge is 2.17. The maximum Gasteiger partial charge on any atom is 0.195 e. The van der Waals surface area contributed by atoms with Crippen LogP contribution in [0.5, 0.6) is 0 Å². The minimum atomic E-state index is 0.536. The fourth-order valence-electron chi connectivity index (χ4n) is 2.74. The minimum absolute atomic E-state index is 0.536. The number of likely N-dealkylation sites (tertiary alicyclic amines) is 1. The van der Waals surface area contributed by atoms with Crippen LogP contribution >= 0.6 is 0 Å². The second-order valence-corrected chi connectivity index (χ2v) is 5.39. The molecule has 1 atom stereocenters. The number of rotatable bonds is 3. The highest BCUT2D eigenvalue weighted by atomic mass is 16.3. The number of fused-ring (bicyclic) bond motifs is 1. The van der Waals surface area contributed by atoms with Crippen molar-refractivity contribution >= 4 is 16.8 Å². The zero-order valence-corrected chi connectivity index (χ0v) is 11.6. The lowest BCUT2D eigenvalue weighted by atomic mass is 10.1. The number of nitrogens with one attached hydrogen (secondary N) is 1. The number of hydrogen-bond donors (Lipinski definition) is 1. The number of oxazole rings is 1. The maximum atomic E-state index is 5.63. The van der Waals surface area contributed by atoms with Gasteiger partial charge in [0.1, 0.15) is 5.52 Å². The molecule has 4 heteroatoms. The van der Waals surface area contributed by atoms with Crippen LogP contribution < -0.4 is 5.32 Å². The smallest absolute Gasteiger partial charge is 0.195 e. The van der Waals surface area contributed by atoms with Gasteiger partial charge in [0.15, 0.2) is 11.5 Å². The molecule has 3 rings (SSSR count). The fraction of sp³-hybridized carbons (Fsp3) is 0.533. The number of benzene rings is 1. The molecule has 0 bridgehead atoms. The van der Waals surface area contributed by atoms with Gasteiger partial charge in [-0.15, -0.1) is 0 Å². The van der Waals surface area contributed by atoms with Gasteiger partial charge in [0, 0.05) is 24.7 Å². The van der Waals surface area contributed by atoms with Crippen LogP contribution in [-0.2, 0) is 6.42 Å². The van der Waals surface area contributed by atoms with E-state index in [1.807, 2.05) is 6.07 Å². The predicted octanol–water partition coefficient (Wildman–Crippen LogP) is 2.90. The number of piperidine rings is 1.